The third kappa shape index (κ3) is 5.65. The number of ether oxygens (including phenoxy) is 1. The molecule has 0 saturated carbocycles. The molecule has 0 aromatic rings. The van der Waals surface area contributed by atoms with Gasteiger partial charge in [0.15, 0.2) is 0 Å². The SMILES string of the molecule is CC.CC1CCCN(C(=O)OC(C)C)C1. The molecule has 1 aliphatic rings. The van der Waals surface area contributed by atoms with E-state index in [0.29, 0.717) is 5.92 Å². The van der Waals surface area contributed by atoms with Crippen LogP contribution in [0, 0.1) is 5.92 Å². The number of hydrogen-bond acceptors (Lipinski definition) is 2. The van der Waals surface area contributed by atoms with E-state index in [2.05, 4.69) is 6.92 Å². The molecule has 1 fully saturated rings. The summed E-state index contributed by atoms with van der Waals surface area (Å²) < 4.78 is 5.12. The molecule has 15 heavy (non-hydrogen) atoms. The van der Waals surface area contributed by atoms with Gasteiger partial charge < -0.3 is 9.64 Å². The lowest BCUT2D eigenvalue weighted by Crippen LogP contribution is -2.40. The lowest BCUT2D eigenvalue weighted by molar-refractivity contribution is 0.0641. The molecule has 1 unspecified atom stereocenters. The highest BCUT2D eigenvalue weighted by Gasteiger charge is 2.22. The highest BCUT2D eigenvalue weighted by Crippen LogP contribution is 2.16. The number of hydrogen-bond donors (Lipinski definition) is 0. The second-order valence-corrected chi connectivity index (χ2v) is 4.13. The second kappa shape index (κ2) is 7.55. The highest BCUT2D eigenvalue weighted by molar-refractivity contribution is 5.67. The van der Waals surface area contributed by atoms with Crippen LogP contribution in [0.15, 0.2) is 0 Å². The summed E-state index contributed by atoms with van der Waals surface area (Å²) in [5.41, 5.74) is 0. The first-order valence-corrected chi connectivity index (χ1v) is 6.05. The average molecular weight is 215 g/mol. The van der Waals surface area contributed by atoms with Crippen LogP contribution in [0.5, 0.6) is 0 Å². The maximum absolute atomic E-state index is 11.5. The van der Waals surface area contributed by atoms with Crippen LogP contribution in [0.3, 0.4) is 0 Å². The van der Waals surface area contributed by atoms with Crippen LogP contribution in [0.25, 0.3) is 0 Å². The van der Waals surface area contributed by atoms with E-state index in [9.17, 15) is 4.79 Å². The minimum atomic E-state index is -0.151. The van der Waals surface area contributed by atoms with Crippen LogP contribution in [-0.2, 0) is 4.74 Å². The van der Waals surface area contributed by atoms with Crippen molar-refractivity contribution < 1.29 is 9.53 Å². The van der Waals surface area contributed by atoms with Crippen LogP contribution < -0.4 is 0 Å². The van der Waals surface area contributed by atoms with Crippen molar-refractivity contribution in [3.8, 4) is 0 Å². The van der Waals surface area contributed by atoms with E-state index >= 15 is 0 Å². The van der Waals surface area contributed by atoms with Crippen molar-refractivity contribution in [3.05, 3.63) is 0 Å². The third-order valence-corrected chi connectivity index (χ3v) is 2.25. The summed E-state index contributed by atoms with van der Waals surface area (Å²) in [5, 5.41) is 0. The molecule has 0 spiro atoms. The van der Waals surface area contributed by atoms with E-state index in [4.69, 9.17) is 4.74 Å². The van der Waals surface area contributed by atoms with Gasteiger partial charge in [0.1, 0.15) is 0 Å². The number of rotatable bonds is 1. The lowest BCUT2D eigenvalue weighted by atomic mass is 10.0. The van der Waals surface area contributed by atoms with Crippen LogP contribution in [-0.4, -0.2) is 30.2 Å². The van der Waals surface area contributed by atoms with Gasteiger partial charge in [-0.2, -0.15) is 0 Å². The van der Waals surface area contributed by atoms with E-state index in [0.717, 1.165) is 19.5 Å². The zero-order valence-corrected chi connectivity index (χ0v) is 10.7. The van der Waals surface area contributed by atoms with E-state index < -0.39 is 0 Å². The van der Waals surface area contributed by atoms with Crippen LogP contribution in [0.2, 0.25) is 0 Å². The lowest BCUT2D eigenvalue weighted by Gasteiger charge is -2.30. The van der Waals surface area contributed by atoms with Crippen molar-refractivity contribution in [2.45, 2.75) is 53.6 Å². The van der Waals surface area contributed by atoms with Crippen LogP contribution >= 0.6 is 0 Å². The molecule has 1 heterocycles. The van der Waals surface area contributed by atoms with Gasteiger partial charge in [-0.05, 0) is 32.6 Å². The quantitative estimate of drug-likeness (QED) is 0.671. The summed E-state index contributed by atoms with van der Waals surface area (Å²) in [6, 6.07) is 0. The predicted molar refractivity (Wildman–Crippen MR) is 62.9 cm³/mol. The molecule has 0 radical (unpaired) electrons. The normalized spacial score (nSPS) is 20.7. The minimum Gasteiger partial charge on any atom is -0.447 e. The molecule has 3 nitrogen and oxygen atoms in total. The molecule has 90 valence electrons. The number of piperidine rings is 1. The van der Waals surface area contributed by atoms with Crippen LogP contribution in [0.4, 0.5) is 4.79 Å². The smallest absolute Gasteiger partial charge is 0.410 e. The van der Waals surface area contributed by atoms with E-state index in [-0.39, 0.29) is 12.2 Å². The van der Waals surface area contributed by atoms with E-state index in [1.54, 1.807) is 0 Å². The number of carbonyl (C=O) groups excluding carboxylic acids is 1. The molecular formula is C12H25NO2. The van der Waals surface area contributed by atoms with Crippen molar-refractivity contribution in [1.29, 1.82) is 0 Å². The maximum Gasteiger partial charge on any atom is 0.410 e. The van der Waals surface area contributed by atoms with E-state index in [1.807, 2.05) is 32.6 Å². The van der Waals surface area contributed by atoms with Gasteiger partial charge in [-0.3, -0.25) is 0 Å². The zero-order valence-electron chi connectivity index (χ0n) is 10.7. The Kier molecular flexibility index (Phi) is 7.18. The monoisotopic (exact) mass is 215 g/mol. The molecule has 1 atom stereocenters. The largest absolute Gasteiger partial charge is 0.447 e. The summed E-state index contributed by atoms with van der Waals surface area (Å²) in [7, 11) is 0. The number of likely N-dealkylation sites (tertiary alicyclic amines) is 1. The van der Waals surface area contributed by atoms with Crippen molar-refractivity contribution >= 4 is 6.09 Å². The third-order valence-electron chi connectivity index (χ3n) is 2.25. The zero-order chi connectivity index (χ0) is 11.8. The fourth-order valence-corrected chi connectivity index (χ4v) is 1.63. The summed E-state index contributed by atoms with van der Waals surface area (Å²) in [6.45, 7) is 11.6. The Balaban J connectivity index is 0.000000921. The Morgan fingerprint density at radius 3 is 2.47 bits per heavy atom. The second-order valence-electron chi connectivity index (χ2n) is 4.13. The Morgan fingerprint density at radius 1 is 1.40 bits per heavy atom. The number of carbonyl (C=O) groups is 1. The topological polar surface area (TPSA) is 29.5 Å². The molecule has 0 bridgehead atoms. The van der Waals surface area contributed by atoms with Crippen molar-refractivity contribution in [3.63, 3.8) is 0 Å². The molecule has 0 N–H and O–H groups in total. The molecule has 0 aromatic heterocycles. The highest BCUT2D eigenvalue weighted by atomic mass is 16.6. The summed E-state index contributed by atoms with van der Waals surface area (Å²) in [4.78, 5) is 13.3. The van der Waals surface area contributed by atoms with E-state index in [1.165, 1.54) is 6.42 Å². The fraction of sp³-hybridized carbons (Fsp3) is 0.917. The van der Waals surface area contributed by atoms with Gasteiger partial charge in [0, 0.05) is 13.1 Å². The molecule has 1 aliphatic heterocycles. The Bertz CT molecular complexity index is 180. The molecule has 1 rings (SSSR count). The van der Waals surface area contributed by atoms with Gasteiger partial charge >= 0.3 is 6.09 Å². The fourth-order valence-electron chi connectivity index (χ4n) is 1.63. The summed E-state index contributed by atoms with van der Waals surface area (Å²) in [5.74, 6) is 0.619. The molecule has 3 heteroatoms. The minimum absolute atomic E-state index is 0.00951. The first-order valence-electron chi connectivity index (χ1n) is 6.05. The first-order chi connectivity index (χ1) is 7.09. The average Bonchev–Trinajstić information content (AvgIpc) is 2.20. The number of nitrogens with zero attached hydrogens (tertiary/aromatic N) is 1. The van der Waals surface area contributed by atoms with Crippen molar-refractivity contribution in [1.82, 2.24) is 4.90 Å². The van der Waals surface area contributed by atoms with Gasteiger partial charge in [-0.25, -0.2) is 4.79 Å². The van der Waals surface area contributed by atoms with Crippen LogP contribution in [0.1, 0.15) is 47.5 Å². The first kappa shape index (κ1) is 14.3. The molecule has 0 aliphatic carbocycles. The number of amides is 1. The molecule has 1 saturated heterocycles. The van der Waals surface area contributed by atoms with Crippen molar-refractivity contribution in [2.75, 3.05) is 13.1 Å². The van der Waals surface area contributed by atoms with Gasteiger partial charge in [-0.15, -0.1) is 0 Å². The molecule has 1 amide bonds. The summed E-state index contributed by atoms with van der Waals surface area (Å²) >= 11 is 0. The standard InChI is InChI=1S/C10H19NO2.C2H6/c1-8(2)13-10(12)11-6-4-5-9(3)7-11;1-2/h8-9H,4-7H2,1-3H3;1-2H3. The van der Waals surface area contributed by atoms with Crippen molar-refractivity contribution in [2.24, 2.45) is 5.92 Å². The summed E-state index contributed by atoms with van der Waals surface area (Å²) in [6.07, 6.45) is 2.17. The predicted octanol–water partition coefficient (Wildman–Crippen LogP) is 3.29. The van der Waals surface area contributed by atoms with Gasteiger partial charge in [0.2, 0.25) is 0 Å². The maximum atomic E-state index is 11.5. The Labute approximate surface area is 93.8 Å². The van der Waals surface area contributed by atoms with Gasteiger partial charge in [-0.1, -0.05) is 20.8 Å². The Morgan fingerprint density at radius 2 is 2.00 bits per heavy atom. The Hall–Kier alpha value is -0.730. The van der Waals surface area contributed by atoms with Gasteiger partial charge in [0.25, 0.3) is 0 Å². The molecule has 0 aromatic carbocycles. The molecular weight excluding hydrogens is 190 g/mol. The van der Waals surface area contributed by atoms with Gasteiger partial charge in [0.05, 0.1) is 6.10 Å².